The lowest BCUT2D eigenvalue weighted by atomic mass is 10.1. The van der Waals surface area contributed by atoms with Crippen molar-refractivity contribution in [2.24, 2.45) is 0 Å². The molecule has 1 unspecified atom stereocenters. The maximum absolute atomic E-state index is 5.96. The number of hydrogen-bond acceptors (Lipinski definition) is 2. The summed E-state index contributed by atoms with van der Waals surface area (Å²) in [6, 6.07) is 10.5. The molecule has 0 aliphatic carbocycles. The Balaban J connectivity index is 2.09. The zero-order valence-electron chi connectivity index (χ0n) is 9.52. The molecule has 0 spiro atoms. The molecule has 0 amide bonds. The van der Waals surface area contributed by atoms with Crippen LogP contribution in [0, 0.1) is 0 Å². The standard InChI is InChI=1S/C13H19NO/c1-3-14-9-11(2)15-13(10-14)12-7-5-4-6-8-12/h4-8,11,13H,3,9-10H2,1-2H3/t11-,13?/m1/s1. The van der Waals surface area contributed by atoms with Gasteiger partial charge in [0.15, 0.2) is 0 Å². The first-order chi connectivity index (χ1) is 7.29. The predicted molar refractivity (Wildman–Crippen MR) is 61.8 cm³/mol. The van der Waals surface area contributed by atoms with E-state index in [1.165, 1.54) is 5.56 Å². The van der Waals surface area contributed by atoms with E-state index >= 15 is 0 Å². The van der Waals surface area contributed by atoms with Gasteiger partial charge < -0.3 is 4.74 Å². The SMILES string of the molecule is CCN1CC(c2ccccc2)O[C@H](C)C1. The van der Waals surface area contributed by atoms with Crippen molar-refractivity contribution in [2.75, 3.05) is 19.6 Å². The molecule has 15 heavy (non-hydrogen) atoms. The summed E-state index contributed by atoms with van der Waals surface area (Å²) in [6.07, 6.45) is 0.582. The Labute approximate surface area is 91.9 Å². The summed E-state index contributed by atoms with van der Waals surface area (Å²) in [5.41, 5.74) is 1.29. The zero-order valence-corrected chi connectivity index (χ0v) is 9.52. The second-order valence-corrected chi connectivity index (χ2v) is 4.20. The fourth-order valence-corrected chi connectivity index (χ4v) is 2.15. The molecule has 1 aliphatic rings. The summed E-state index contributed by atoms with van der Waals surface area (Å²) < 4.78 is 5.96. The summed E-state index contributed by atoms with van der Waals surface area (Å²) in [5.74, 6) is 0. The van der Waals surface area contributed by atoms with Crippen LogP contribution < -0.4 is 0 Å². The molecule has 0 aromatic heterocycles. The van der Waals surface area contributed by atoms with Crippen LogP contribution in [0.25, 0.3) is 0 Å². The number of rotatable bonds is 2. The number of benzene rings is 1. The van der Waals surface area contributed by atoms with Gasteiger partial charge in [-0.05, 0) is 19.0 Å². The van der Waals surface area contributed by atoms with Crippen molar-refractivity contribution < 1.29 is 4.74 Å². The Kier molecular flexibility index (Phi) is 3.39. The van der Waals surface area contributed by atoms with Gasteiger partial charge in [-0.25, -0.2) is 0 Å². The van der Waals surface area contributed by atoms with Crippen molar-refractivity contribution in [2.45, 2.75) is 26.1 Å². The highest BCUT2D eigenvalue weighted by Gasteiger charge is 2.24. The van der Waals surface area contributed by atoms with Gasteiger partial charge in [-0.3, -0.25) is 4.90 Å². The number of morpholine rings is 1. The molecule has 2 nitrogen and oxygen atoms in total. The molecule has 2 heteroatoms. The van der Waals surface area contributed by atoms with Crippen molar-refractivity contribution in [3.05, 3.63) is 35.9 Å². The van der Waals surface area contributed by atoms with E-state index in [2.05, 4.69) is 43.0 Å². The largest absolute Gasteiger partial charge is 0.368 e. The zero-order chi connectivity index (χ0) is 10.7. The molecule has 0 N–H and O–H groups in total. The Morgan fingerprint density at radius 1 is 1.27 bits per heavy atom. The first-order valence-electron chi connectivity index (χ1n) is 5.72. The van der Waals surface area contributed by atoms with E-state index in [0.29, 0.717) is 6.10 Å². The molecule has 1 aromatic carbocycles. The molecule has 2 atom stereocenters. The van der Waals surface area contributed by atoms with Gasteiger partial charge in [-0.15, -0.1) is 0 Å². The Hall–Kier alpha value is -0.860. The highest BCUT2D eigenvalue weighted by atomic mass is 16.5. The highest BCUT2D eigenvalue weighted by Crippen LogP contribution is 2.24. The Morgan fingerprint density at radius 3 is 2.67 bits per heavy atom. The number of nitrogens with zero attached hydrogens (tertiary/aromatic N) is 1. The summed E-state index contributed by atoms with van der Waals surface area (Å²) in [6.45, 7) is 7.54. The third-order valence-corrected chi connectivity index (χ3v) is 2.95. The van der Waals surface area contributed by atoms with Crippen molar-refractivity contribution >= 4 is 0 Å². The maximum Gasteiger partial charge on any atom is 0.0956 e. The smallest absolute Gasteiger partial charge is 0.0956 e. The minimum absolute atomic E-state index is 0.245. The maximum atomic E-state index is 5.96. The van der Waals surface area contributed by atoms with Crippen molar-refractivity contribution in [3.8, 4) is 0 Å². The normalized spacial score (nSPS) is 27.9. The van der Waals surface area contributed by atoms with Crippen LogP contribution >= 0.6 is 0 Å². The van der Waals surface area contributed by atoms with Gasteiger partial charge in [0.1, 0.15) is 0 Å². The highest BCUT2D eigenvalue weighted by molar-refractivity contribution is 5.18. The van der Waals surface area contributed by atoms with E-state index < -0.39 is 0 Å². The van der Waals surface area contributed by atoms with Gasteiger partial charge in [0.05, 0.1) is 12.2 Å². The van der Waals surface area contributed by atoms with Crippen LogP contribution in [-0.4, -0.2) is 30.6 Å². The first-order valence-corrected chi connectivity index (χ1v) is 5.72. The van der Waals surface area contributed by atoms with Crippen LogP contribution in [0.15, 0.2) is 30.3 Å². The lowest BCUT2D eigenvalue weighted by molar-refractivity contribution is -0.0774. The Bertz CT molecular complexity index is 299. The van der Waals surface area contributed by atoms with E-state index in [1.54, 1.807) is 0 Å². The number of likely N-dealkylation sites (N-methyl/N-ethyl adjacent to an activating group) is 1. The lowest BCUT2D eigenvalue weighted by Gasteiger charge is -2.36. The summed E-state index contributed by atoms with van der Waals surface area (Å²) in [4.78, 5) is 2.45. The van der Waals surface area contributed by atoms with Gasteiger partial charge >= 0.3 is 0 Å². The van der Waals surface area contributed by atoms with E-state index in [1.807, 2.05) is 6.07 Å². The predicted octanol–water partition coefficient (Wildman–Crippen LogP) is 2.47. The molecule has 1 fully saturated rings. The molecular formula is C13H19NO. The second kappa shape index (κ2) is 4.77. The van der Waals surface area contributed by atoms with E-state index in [9.17, 15) is 0 Å². The summed E-state index contributed by atoms with van der Waals surface area (Å²) >= 11 is 0. The van der Waals surface area contributed by atoms with Gasteiger partial charge in [0.25, 0.3) is 0 Å². The number of hydrogen-bond donors (Lipinski definition) is 0. The fraction of sp³-hybridized carbons (Fsp3) is 0.538. The molecule has 2 rings (SSSR count). The molecular weight excluding hydrogens is 186 g/mol. The molecule has 1 aliphatic heterocycles. The molecule has 0 bridgehead atoms. The quantitative estimate of drug-likeness (QED) is 0.735. The first kappa shape index (κ1) is 10.7. The lowest BCUT2D eigenvalue weighted by Crippen LogP contribution is -2.42. The van der Waals surface area contributed by atoms with Gasteiger partial charge in [0, 0.05) is 13.1 Å². The minimum atomic E-state index is 0.245. The van der Waals surface area contributed by atoms with Crippen molar-refractivity contribution in [1.82, 2.24) is 4.90 Å². The van der Waals surface area contributed by atoms with Crippen LogP contribution in [-0.2, 0) is 4.74 Å². The fourth-order valence-electron chi connectivity index (χ4n) is 2.15. The number of ether oxygens (including phenoxy) is 1. The molecule has 0 saturated carbocycles. The monoisotopic (exact) mass is 205 g/mol. The average Bonchev–Trinajstić information content (AvgIpc) is 2.29. The topological polar surface area (TPSA) is 12.5 Å². The molecule has 1 saturated heterocycles. The van der Waals surface area contributed by atoms with Crippen LogP contribution in [0.5, 0.6) is 0 Å². The van der Waals surface area contributed by atoms with Gasteiger partial charge in [-0.2, -0.15) is 0 Å². The van der Waals surface area contributed by atoms with E-state index in [-0.39, 0.29) is 6.10 Å². The second-order valence-electron chi connectivity index (χ2n) is 4.20. The van der Waals surface area contributed by atoms with E-state index in [4.69, 9.17) is 4.74 Å². The molecule has 0 radical (unpaired) electrons. The van der Waals surface area contributed by atoms with Gasteiger partial charge in [0.2, 0.25) is 0 Å². The van der Waals surface area contributed by atoms with Gasteiger partial charge in [-0.1, -0.05) is 37.3 Å². The van der Waals surface area contributed by atoms with Crippen molar-refractivity contribution in [1.29, 1.82) is 0 Å². The molecule has 1 heterocycles. The average molecular weight is 205 g/mol. The van der Waals surface area contributed by atoms with Crippen LogP contribution in [0.4, 0.5) is 0 Å². The van der Waals surface area contributed by atoms with Crippen LogP contribution in [0.1, 0.15) is 25.5 Å². The molecule has 82 valence electrons. The van der Waals surface area contributed by atoms with E-state index in [0.717, 1.165) is 19.6 Å². The van der Waals surface area contributed by atoms with Crippen LogP contribution in [0.2, 0.25) is 0 Å². The summed E-state index contributed by atoms with van der Waals surface area (Å²) in [7, 11) is 0. The summed E-state index contributed by atoms with van der Waals surface area (Å²) in [5, 5.41) is 0. The third-order valence-electron chi connectivity index (χ3n) is 2.95. The van der Waals surface area contributed by atoms with Crippen LogP contribution in [0.3, 0.4) is 0 Å². The minimum Gasteiger partial charge on any atom is -0.368 e. The molecule has 1 aromatic rings. The Morgan fingerprint density at radius 2 is 2.00 bits per heavy atom. The van der Waals surface area contributed by atoms with Crippen molar-refractivity contribution in [3.63, 3.8) is 0 Å². The third kappa shape index (κ3) is 2.58.